The Morgan fingerprint density at radius 3 is 2.52 bits per heavy atom. The third-order valence-electron chi connectivity index (χ3n) is 4.31. The fourth-order valence-corrected chi connectivity index (χ4v) is 4.40. The maximum atomic E-state index is 4.59. The van der Waals surface area contributed by atoms with Crippen LogP contribution < -0.4 is 10.2 Å². The number of nitrogens with zero attached hydrogens (tertiary/aromatic N) is 6. The summed E-state index contributed by atoms with van der Waals surface area (Å²) in [6.07, 6.45) is 0.892. The summed E-state index contributed by atoms with van der Waals surface area (Å²) >= 11 is 3.25. The molecule has 0 bridgehead atoms. The van der Waals surface area contributed by atoms with Gasteiger partial charge in [-0.1, -0.05) is 6.92 Å². The van der Waals surface area contributed by atoms with Crippen molar-refractivity contribution in [3.63, 3.8) is 0 Å². The van der Waals surface area contributed by atoms with E-state index >= 15 is 0 Å². The minimum absolute atomic E-state index is 0.725. The number of aromatic nitrogens is 3. The molecule has 0 aliphatic carbocycles. The van der Waals surface area contributed by atoms with Gasteiger partial charge in [0.15, 0.2) is 5.96 Å². The van der Waals surface area contributed by atoms with E-state index < -0.39 is 0 Å². The maximum Gasteiger partial charge on any atom is 0.205 e. The van der Waals surface area contributed by atoms with Gasteiger partial charge in [0.2, 0.25) is 5.13 Å². The zero-order valence-electron chi connectivity index (χ0n) is 15.2. The third-order valence-corrected chi connectivity index (χ3v) is 6.19. The number of piperazine rings is 1. The molecule has 0 unspecified atom stereocenters. The van der Waals surface area contributed by atoms with Gasteiger partial charge in [0.25, 0.3) is 0 Å². The minimum atomic E-state index is 0.725. The van der Waals surface area contributed by atoms with E-state index in [4.69, 9.17) is 0 Å². The number of nitrogens with one attached hydrogen (secondary N) is 1. The first-order valence-corrected chi connectivity index (χ1v) is 10.2. The van der Waals surface area contributed by atoms with E-state index in [1.165, 1.54) is 16.4 Å². The van der Waals surface area contributed by atoms with Crippen LogP contribution in [0.4, 0.5) is 5.13 Å². The number of hydrogen-bond acceptors (Lipinski definition) is 7. The minimum Gasteiger partial charge on any atom is -0.350 e. The average molecular weight is 380 g/mol. The molecule has 7 nitrogen and oxygen atoms in total. The fourth-order valence-electron chi connectivity index (χ4n) is 2.73. The summed E-state index contributed by atoms with van der Waals surface area (Å²) in [5.74, 6) is 1.88. The molecule has 3 heterocycles. The van der Waals surface area contributed by atoms with Crippen LogP contribution >= 0.6 is 22.9 Å². The van der Waals surface area contributed by atoms with E-state index in [0.29, 0.717) is 0 Å². The molecule has 1 aliphatic rings. The highest BCUT2D eigenvalue weighted by molar-refractivity contribution is 7.11. The first kappa shape index (κ1) is 18.1. The van der Waals surface area contributed by atoms with E-state index in [2.05, 4.69) is 55.2 Å². The quantitative estimate of drug-likeness (QED) is 0.648. The molecule has 25 heavy (non-hydrogen) atoms. The molecule has 9 heteroatoms. The molecule has 1 N–H and O–H groups in total. The molecule has 0 spiro atoms. The van der Waals surface area contributed by atoms with Crippen LogP contribution in [0, 0.1) is 13.8 Å². The second-order valence-corrected chi connectivity index (χ2v) is 7.99. The molecule has 1 aliphatic heterocycles. The highest BCUT2D eigenvalue weighted by Crippen LogP contribution is 2.19. The second kappa shape index (κ2) is 8.09. The zero-order valence-corrected chi connectivity index (χ0v) is 16.9. The summed E-state index contributed by atoms with van der Waals surface area (Å²) in [4.78, 5) is 19.5. The lowest BCUT2D eigenvalue weighted by molar-refractivity contribution is 0.372. The number of rotatable bonds is 4. The monoisotopic (exact) mass is 379 g/mol. The standard InChI is InChI=1S/C16H25N7S2/c1-5-13-20-16(25-21-13)23-8-6-22(7-9-23)15(17-4)18-10-14-19-11(2)12(3)24-14/h5-10H2,1-4H3,(H,17,18). The second-order valence-electron chi connectivity index (χ2n) is 5.97. The molecule has 2 aromatic heterocycles. The van der Waals surface area contributed by atoms with Crippen molar-refractivity contribution in [1.82, 2.24) is 24.6 Å². The smallest absolute Gasteiger partial charge is 0.205 e. The van der Waals surface area contributed by atoms with Gasteiger partial charge in [-0.25, -0.2) is 9.97 Å². The molecular formula is C16H25N7S2. The highest BCUT2D eigenvalue weighted by atomic mass is 32.1. The Bertz CT molecular complexity index is 709. The molecule has 1 saturated heterocycles. The molecule has 2 aromatic rings. The lowest BCUT2D eigenvalue weighted by Crippen LogP contribution is -2.52. The number of guanidine groups is 1. The summed E-state index contributed by atoms with van der Waals surface area (Å²) < 4.78 is 4.39. The van der Waals surface area contributed by atoms with E-state index in [9.17, 15) is 0 Å². The highest BCUT2D eigenvalue weighted by Gasteiger charge is 2.22. The molecule has 0 radical (unpaired) electrons. The first-order valence-electron chi connectivity index (χ1n) is 8.56. The molecule has 3 rings (SSSR count). The number of aliphatic imine (C=N–C) groups is 1. The van der Waals surface area contributed by atoms with Crippen molar-refractivity contribution in [2.24, 2.45) is 4.99 Å². The van der Waals surface area contributed by atoms with E-state index in [1.54, 1.807) is 11.3 Å². The number of hydrogen-bond donors (Lipinski definition) is 1. The fraction of sp³-hybridized carbons (Fsp3) is 0.625. The molecule has 0 aromatic carbocycles. The van der Waals surface area contributed by atoms with E-state index in [0.717, 1.165) is 66.8 Å². The maximum absolute atomic E-state index is 4.59. The Kier molecular flexibility index (Phi) is 5.85. The summed E-state index contributed by atoms with van der Waals surface area (Å²) in [5, 5.41) is 5.59. The predicted molar refractivity (Wildman–Crippen MR) is 105 cm³/mol. The van der Waals surface area contributed by atoms with Gasteiger partial charge in [0.05, 0.1) is 12.2 Å². The number of aryl methyl sites for hydroxylation is 3. The summed E-state index contributed by atoms with van der Waals surface area (Å²) in [7, 11) is 1.84. The van der Waals surface area contributed by atoms with Crippen LogP contribution in [0.1, 0.15) is 28.3 Å². The van der Waals surface area contributed by atoms with Gasteiger partial charge in [-0.3, -0.25) is 4.99 Å². The van der Waals surface area contributed by atoms with Crippen molar-refractivity contribution in [3.8, 4) is 0 Å². The Labute approximate surface area is 157 Å². The normalized spacial score (nSPS) is 15.8. The molecule has 0 amide bonds. The Hall–Kier alpha value is -1.74. The molecular weight excluding hydrogens is 354 g/mol. The SMILES string of the molecule is CCc1nsc(N2CCN(C(=NC)NCc3nc(C)c(C)s3)CC2)n1. The zero-order chi connectivity index (χ0) is 17.8. The van der Waals surface area contributed by atoms with E-state index in [1.807, 2.05) is 7.05 Å². The van der Waals surface area contributed by atoms with Gasteiger partial charge in [0.1, 0.15) is 10.8 Å². The van der Waals surface area contributed by atoms with Gasteiger partial charge in [-0.15, -0.1) is 11.3 Å². The van der Waals surface area contributed by atoms with Crippen LogP contribution in [0.15, 0.2) is 4.99 Å². The first-order chi connectivity index (χ1) is 12.1. The van der Waals surface area contributed by atoms with Crippen LogP contribution in [0.25, 0.3) is 0 Å². The largest absolute Gasteiger partial charge is 0.350 e. The van der Waals surface area contributed by atoms with Crippen LogP contribution in [0.5, 0.6) is 0 Å². The van der Waals surface area contributed by atoms with Gasteiger partial charge < -0.3 is 15.1 Å². The number of anilines is 1. The van der Waals surface area contributed by atoms with Crippen molar-refractivity contribution in [3.05, 3.63) is 21.4 Å². The summed E-state index contributed by atoms with van der Waals surface area (Å²) in [5.41, 5.74) is 1.12. The van der Waals surface area contributed by atoms with Gasteiger partial charge >= 0.3 is 0 Å². The van der Waals surface area contributed by atoms with Crippen molar-refractivity contribution >= 4 is 34.0 Å². The van der Waals surface area contributed by atoms with Crippen LogP contribution in [0.2, 0.25) is 0 Å². The Balaban J connectivity index is 1.53. The topological polar surface area (TPSA) is 69.5 Å². The molecule has 136 valence electrons. The van der Waals surface area contributed by atoms with Crippen molar-refractivity contribution in [1.29, 1.82) is 0 Å². The summed E-state index contributed by atoms with van der Waals surface area (Å²) in [6, 6.07) is 0. The van der Waals surface area contributed by atoms with Crippen LogP contribution in [0.3, 0.4) is 0 Å². The third kappa shape index (κ3) is 4.27. The lowest BCUT2D eigenvalue weighted by Gasteiger charge is -2.36. The van der Waals surface area contributed by atoms with Gasteiger partial charge in [0, 0.05) is 56.1 Å². The average Bonchev–Trinajstić information content (AvgIpc) is 3.23. The molecule has 0 atom stereocenters. The number of thiazole rings is 1. The Morgan fingerprint density at radius 1 is 1.20 bits per heavy atom. The summed E-state index contributed by atoms with van der Waals surface area (Å²) in [6.45, 7) is 10.7. The van der Waals surface area contributed by atoms with Crippen molar-refractivity contribution in [2.45, 2.75) is 33.7 Å². The van der Waals surface area contributed by atoms with Crippen molar-refractivity contribution < 1.29 is 0 Å². The van der Waals surface area contributed by atoms with Gasteiger partial charge in [-0.05, 0) is 13.8 Å². The lowest BCUT2D eigenvalue weighted by atomic mass is 10.3. The molecule has 0 saturated carbocycles. The predicted octanol–water partition coefficient (Wildman–Crippen LogP) is 2.07. The Morgan fingerprint density at radius 2 is 1.96 bits per heavy atom. The van der Waals surface area contributed by atoms with Crippen LogP contribution in [-0.2, 0) is 13.0 Å². The van der Waals surface area contributed by atoms with Gasteiger partial charge in [-0.2, -0.15) is 4.37 Å². The molecule has 1 fully saturated rings. The van der Waals surface area contributed by atoms with Crippen molar-refractivity contribution in [2.75, 3.05) is 38.1 Å². The van der Waals surface area contributed by atoms with Crippen LogP contribution in [-0.4, -0.2) is 58.4 Å². The van der Waals surface area contributed by atoms with E-state index in [-0.39, 0.29) is 0 Å².